The van der Waals surface area contributed by atoms with Gasteiger partial charge < -0.3 is 5.32 Å². The van der Waals surface area contributed by atoms with Crippen molar-refractivity contribution in [3.05, 3.63) is 78.1 Å². The van der Waals surface area contributed by atoms with Crippen LogP contribution in [0.1, 0.15) is 17.3 Å². The summed E-state index contributed by atoms with van der Waals surface area (Å²) in [5, 5.41) is 11.7. The molecule has 1 aromatic heterocycles. The van der Waals surface area contributed by atoms with Crippen molar-refractivity contribution in [2.75, 3.05) is 7.05 Å². The summed E-state index contributed by atoms with van der Waals surface area (Å²) in [5.41, 5.74) is 3.38. The van der Waals surface area contributed by atoms with Gasteiger partial charge in [0.25, 0.3) is 0 Å². The van der Waals surface area contributed by atoms with E-state index in [4.69, 9.17) is 0 Å². The van der Waals surface area contributed by atoms with Crippen LogP contribution in [-0.4, -0.2) is 22.0 Å². The molecule has 106 valence electrons. The van der Waals surface area contributed by atoms with Crippen molar-refractivity contribution < 1.29 is 0 Å². The molecule has 1 unspecified atom stereocenters. The molecule has 0 spiro atoms. The summed E-state index contributed by atoms with van der Waals surface area (Å²) in [6.07, 6.45) is 2.73. The van der Waals surface area contributed by atoms with Gasteiger partial charge in [0.15, 0.2) is 0 Å². The van der Waals surface area contributed by atoms with Gasteiger partial charge in [-0.05, 0) is 31.2 Å². The summed E-state index contributed by atoms with van der Waals surface area (Å²) >= 11 is 0. The number of aromatic nitrogens is 3. The second-order valence-electron chi connectivity index (χ2n) is 4.94. The Labute approximate surface area is 124 Å². The highest BCUT2D eigenvalue weighted by atomic mass is 15.4. The van der Waals surface area contributed by atoms with Gasteiger partial charge in [-0.2, -0.15) is 0 Å². The molecule has 21 heavy (non-hydrogen) atoms. The lowest BCUT2D eigenvalue weighted by Gasteiger charge is -2.17. The molecule has 4 heteroatoms. The first-order chi connectivity index (χ1) is 10.4. The van der Waals surface area contributed by atoms with E-state index in [2.05, 4.69) is 39.9 Å². The van der Waals surface area contributed by atoms with Crippen molar-refractivity contribution in [3.8, 4) is 5.69 Å². The van der Waals surface area contributed by atoms with E-state index in [1.807, 2.05) is 54.3 Å². The van der Waals surface area contributed by atoms with Gasteiger partial charge >= 0.3 is 0 Å². The maximum absolute atomic E-state index is 4.22. The van der Waals surface area contributed by atoms with Crippen molar-refractivity contribution >= 4 is 0 Å². The molecule has 1 heterocycles. The van der Waals surface area contributed by atoms with Gasteiger partial charge in [0.1, 0.15) is 0 Å². The number of nitrogens with zero attached hydrogens (tertiary/aromatic N) is 3. The minimum atomic E-state index is 0.169. The fourth-order valence-electron chi connectivity index (χ4n) is 2.45. The van der Waals surface area contributed by atoms with Gasteiger partial charge in [0.2, 0.25) is 0 Å². The molecule has 0 fully saturated rings. The third-order valence-corrected chi connectivity index (χ3v) is 3.56. The van der Waals surface area contributed by atoms with Crippen LogP contribution in [0.3, 0.4) is 0 Å². The molecule has 1 N–H and O–H groups in total. The second kappa shape index (κ2) is 6.33. The van der Waals surface area contributed by atoms with Crippen LogP contribution in [0, 0.1) is 0 Å². The normalized spacial score (nSPS) is 12.2. The number of nitrogens with one attached hydrogen (secondary N) is 1. The largest absolute Gasteiger partial charge is 0.311 e. The Morgan fingerprint density at radius 3 is 2.33 bits per heavy atom. The number of likely N-dealkylation sites (N-methyl/N-ethyl adjacent to an activating group) is 1. The fourth-order valence-corrected chi connectivity index (χ4v) is 2.45. The highest BCUT2D eigenvalue weighted by molar-refractivity contribution is 5.32. The maximum Gasteiger partial charge on any atom is 0.0818 e. The predicted octanol–water partition coefficient (Wildman–Crippen LogP) is 2.77. The van der Waals surface area contributed by atoms with Gasteiger partial charge in [-0.15, -0.1) is 5.10 Å². The summed E-state index contributed by atoms with van der Waals surface area (Å²) in [5.74, 6) is 0. The zero-order valence-electron chi connectivity index (χ0n) is 12.0. The van der Waals surface area contributed by atoms with E-state index in [1.54, 1.807) is 0 Å². The molecule has 0 bridgehead atoms. The average molecular weight is 278 g/mol. The van der Waals surface area contributed by atoms with Crippen molar-refractivity contribution in [1.82, 2.24) is 20.3 Å². The van der Waals surface area contributed by atoms with E-state index in [1.165, 1.54) is 5.56 Å². The molecule has 1 atom stereocenters. The van der Waals surface area contributed by atoms with Crippen LogP contribution in [0.2, 0.25) is 0 Å². The summed E-state index contributed by atoms with van der Waals surface area (Å²) in [7, 11) is 1.97. The Kier molecular flexibility index (Phi) is 4.07. The average Bonchev–Trinajstić information content (AvgIpc) is 3.04. The van der Waals surface area contributed by atoms with E-state index in [0.717, 1.165) is 17.8 Å². The summed E-state index contributed by atoms with van der Waals surface area (Å²) in [6.45, 7) is 0. The Bertz CT molecular complexity index is 676. The molecule has 0 amide bonds. The van der Waals surface area contributed by atoms with Gasteiger partial charge in [0, 0.05) is 0 Å². The van der Waals surface area contributed by atoms with Crippen LogP contribution in [0.4, 0.5) is 0 Å². The highest BCUT2D eigenvalue weighted by Crippen LogP contribution is 2.20. The molecule has 3 aromatic rings. The molecule has 0 aliphatic carbocycles. The molecule has 2 aromatic carbocycles. The first kappa shape index (κ1) is 13.5. The van der Waals surface area contributed by atoms with E-state index in [9.17, 15) is 0 Å². The number of hydrogen-bond donors (Lipinski definition) is 1. The molecule has 0 aliphatic heterocycles. The molecule has 0 saturated carbocycles. The van der Waals surface area contributed by atoms with Gasteiger partial charge in [-0.1, -0.05) is 53.7 Å². The third kappa shape index (κ3) is 3.01. The lowest BCUT2D eigenvalue weighted by molar-refractivity contribution is 0.554. The Hall–Kier alpha value is -2.46. The summed E-state index contributed by atoms with van der Waals surface area (Å²) in [6, 6.07) is 20.7. The lowest BCUT2D eigenvalue weighted by Crippen LogP contribution is -2.22. The van der Waals surface area contributed by atoms with Crippen LogP contribution >= 0.6 is 0 Å². The third-order valence-electron chi connectivity index (χ3n) is 3.56. The smallest absolute Gasteiger partial charge is 0.0818 e. The monoisotopic (exact) mass is 278 g/mol. The van der Waals surface area contributed by atoms with E-state index >= 15 is 0 Å². The van der Waals surface area contributed by atoms with Crippen LogP contribution < -0.4 is 5.32 Å². The Balaban J connectivity index is 1.90. The van der Waals surface area contributed by atoms with E-state index in [0.29, 0.717) is 0 Å². The first-order valence-corrected chi connectivity index (χ1v) is 7.05. The molecule has 4 nitrogen and oxygen atoms in total. The quantitative estimate of drug-likeness (QED) is 0.780. The van der Waals surface area contributed by atoms with Crippen LogP contribution in [0.15, 0.2) is 66.9 Å². The van der Waals surface area contributed by atoms with Crippen molar-refractivity contribution in [3.63, 3.8) is 0 Å². The molecule has 0 aliphatic rings. The first-order valence-electron chi connectivity index (χ1n) is 7.05. The summed E-state index contributed by atoms with van der Waals surface area (Å²) in [4.78, 5) is 0. The van der Waals surface area contributed by atoms with Crippen molar-refractivity contribution in [1.29, 1.82) is 0 Å². The fraction of sp³-hybridized carbons (Fsp3) is 0.176. The maximum atomic E-state index is 4.22. The SMILES string of the molecule is CNC(Cc1ccccc1)c1cnnn1-c1ccccc1. The molecule has 0 radical (unpaired) electrons. The standard InChI is InChI=1S/C17H18N4/c1-18-16(12-14-8-4-2-5-9-14)17-13-19-20-21(17)15-10-6-3-7-11-15/h2-11,13,16,18H,12H2,1H3. The van der Waals surface area contributed by atoms with Crippen LogP contribution in [-0.2, 0) is 6.42 Å². The second-order valence-corrected chi connectivity index (χ2v) is 4.94. The number of para-hydroxylation sites is 1. The molecular weight excluding hydrogens is 260 g/mol. The zero-order chi connectivity index (χ0) is 14.5. The van der Waals surface area contributed by atoms with Gasteiger partial charge in [-0.25, -0.2) is 4.68 Å². The Morgan fingerprint density at radius 1 is 1.00 bits per heavy atom. The van der Waals surface area contributed by atoms with Gasteiger partial charge in [-0.3, -0.25) is 0 Å². The minimum Gasteiger partial charge on any atom is -0.311 e. The summed E-state index contributed by atoms with van der Waals surface area (Å²) < 4.78 is 1.89. The van der Waals surface area contributed by atoms with E-state index in [-0.39, 0.29) is 6.04 Å². The van der Waals surface area contributed by atoms with Crippen molar-refractivity contribution in [2.24, 2.45) is 0 Å². The molecular formula is C17H18N4. The highest BCUT2D eigenvalue weighted by Gasteiger charge is 2.16. The van der Waals surface area contributed by atoms with Crippen LogP contribution in [0.25, 0.3) is 5.69 Å². The van der Waals surface area contributed by atoms with Crippen LogP contribution in [0.5, 0.6) is 0 Å². The lowest BCUT2D eigenvalue weighted by atomic mass is 10.0. The number of rotatable bonds is 5. The number of hydrogen-bond acceptors (Lipinski definition) is 3. The predicted molar refractivity (Wildman–Crippen MR) is 83.3 cm³/mol. The topological polar surface area (TPSA) is 42.7 Å². The number of benzene rings is 2. The molecule has 3 rings (SSSR count). The minimum absolute atomic E-state index is 0.169. The molecule has 0 saturated heterocycles. The zero-order valence-corrected chi connectivity index (χ0v) is 12.0. The Morgan fingerprint density at radius 2 is 1.67 bits per heavy atom. The van der Waals surface area contributed by atoms with Gasteiger partial charge in [0.05, 0.1) is 23.6 Å². The van der Waals surface area contributed by atoms with E-state index < -0.39 is 0 Å². The van der Waals surface area contributed by atoms with Crippen molar-refractivity contribution in [2.45, 2.75) is 12.5 Å².